The van der Waals surface area contributed by atoms with Gasteiger partial charge in [0.15, 0.2) is 11.5 Å². The van der Waals surface area contributed by atoms with E-state index in [1.807, 2.05) is 59.2 Å². The summed E-state index contributed by atoms with van der Waals surface area (Å²) in [6.45, 7) is 0. The van der Waals surface area contributed by atoms with Gasteiger partial charge in [-0.25, -0.2) is 9.97 Å². The molecule has 0 amide bonds. The predicted molar refractivity (Wildman–Crippen MR) is 104 cm³/mol. The number of methoxy groups -OCH3 is 3. The lowest BCUT2D eigenvalue weighted by Crippen LogP contribution is -2.00. The molecule has 0 aliphatic carbocycles. The van der Waals surface area contributed by atoms with Gasteiger partial charge in [0, 0.05) is 18.0 Å². The van der Waals surface area contributed by atoms with Crippen LogP contribution in [0.3, 0.4) is 0 Å². The summed E-state index contributed by atoms with van der Waals surface area (Å²) in [5, 5.41) is 0. The van der Waals surface area contributed by atoms with Crippen LogP contribution in [0.1, 0.15) is 0 Å². The summed E-state index contributed by atoms with van der Waals surface area (Å²) in [7, 11) is 4.92. The average molecular weight is 361 g/mol. The second kappa shape index (κ2) is 6.99. The number of ether oxygens (including phenoxy) is 3. The van der Waals surface area contributed by atoms with Crippen molar-refractivity contribution in [1.29, 1.82) is 0 Å². The van der Waals surface area contributed by atoms with E-state index in [4.69, 9.17) is 19.2 Å². The molecule has 0 fully saturated rings. The fourth-order valence-corrected chi connectivity index (χ4v) is 3.05. The lowest BCUT2D eigenvalue weighted by molar-refractivity contribution is 0.395. The third-order valence-corrected chi connectivity index (χ3v) is 4.40. The largest absolute Gasteiger partial charge is 0.497 e. The van der Waals surface area contributed by atoms with Gasteiger partial charge in [0.1, 0.15) is 22.8 Å². The molecule has 136 valence electrons. The highest BCUT2D eigenvalue weighted by molar-refractivity contribution is 5.81. The molecule has 2 aromatic heterocycles. The van der Waals surface area contributed by atoms with Crippen LogP contribution in [0.15, 0.2) is 60.8 Å². The lowest BCUT2D eigenvalue weighted by atomic mass is 10.1. The van der Waals surface area contributed by atoms with Gasteiger partial charge in [-0.1, -0.05) is 0 Å². The zero-order chi connectivity index (χ0) is 18.8. The Hall–Kier alpha value is -3.54. The second-order valence-electron chi connectivity index (χ2n) is 5.88. The number of fused-ring (bicyclic) bond motifs is 1. The number of imidazole rings is 1. The third kappa shape index (κ3) is 2.95. The van der Waals surface area contributed by atoms with E-state index in [0.717, 1.165) is 39.7 Å². The molecule has 0 saturated carbocycles. The molecule has 0 bridgehead atoms. The number of nitrogens with zero attached hydrogens (tertiary/aromatic N) is 3. The minimum atomic E-state index is 0.680. The van der Waals surface area contributed by atoms with Gasteiger partial charge in [0.05, 0.1) is 26.9 Å². The molecule has 4 rings (SSSR count). The van der Waals surface area contributed by atoms with Crippen molar-refractivity contribution < 1.29 is 14.2 Å². The summed E-state index contributed by atoms with van der Waals surface area (Å²) in [4.78, 5) is 9.35. The Labute approximate surface area is 157 Å². The smallest absolute Gasteiger partial charge is 0.164 e. The van der Waals surface area contributed by atoms with Gasteiger partial charge in [-0.15, -0.1) is 0 Å². The Morgan fingerprint density at radius 3 is 2.26 bits per heavy atom. The molecule has 0 saturated heterocycles. The Morgan fingerprint density at radius 2 is 1.56 bits per heavy atom. The number of hydrogen-bond donors (Lipinski definition) is 0. The van der Waals surface area contributed by atoms with E-state index >= 15 is 0 Å². The predicted octanol–water partition coefficient (Wildman–Crippen LogP) is 4.11. The Morgan fingerprint density at radius 1 is 0.815 bits per heavy atom. The highest BCUT2D eigenvalue weighted by atomic mass is 16.5. The van der Waals surface area contributed by atoms with Gasteiger partial charge in [-0.3, -0.25) is 4.57 Å². The number of benzene rings is 2. The second-order valence-corrected chi connectivity index (χ2v) is 5.88. The molecule has 0 radical (unpaired) electrons. The molecule has 0 aliphatic rings. The summed E-state index contributed by atoms with van der Waals surface area (Å²) >= 11 is 0. The molecule has 0 aliphatic heterocycles. The van der Waals surface area contributed by atoms with Gasteiger partial charge in [0.25, 0.3) is 0 Å². The highest BCUT2D eigenvalue weighted by Gasteiger charge is 2.19. The van der Waals surface area contributed by atoms with Gasteiger partial charge >= 0.3 is 0 Å². The van der Waals surface area contributed by atoms with Crippen LogP contribution in [0.4, 0.5) is 0 Å². The molecule has 4 aromatic rings. The topological polar surface area (TPSA) is 58.4 Å². The van der Waals surface area contributed by atoms with Crippen LogP contribution in [0.25, 0.3) is 28.2 Å². The Bertz CT molecular complexity index is 1090. The van der Waals surface area contributed by atoms with Crippen LogP contribution >= 0.6 is 0 Å². The molecule has 0 atom stereocenters. The first-order chi connectivity index (χ1) is 13.2. The summed E-state index contributed by atoms with van der Waals surface area (Å²) in [6, 6.07) is 17.3. The van der Waals surface area contributed by atoms with E-state index in [9.17, 15) is 0 Å². The van der Waals surface area contributed by atoms with Gasteiger partial charge in [0.2, 0.25) is 0 Å². The van der Waals surface area contributed by atoms with Crippen molar-refractivity contribution in [2.24, 2.45) is 0 Å². The zero-order valence-corrected chi connectivity index (χ0v) is 15.3. The van der Waals surface area contributed by atoms with Crippen molar-refractivity contribution in [2.75, 3.05) is 21.3 Å². The van der Waals surface area contributed by atoms with Crippen molar-refractivity contribution in [3.63, 3.8) is 0 Å². The van der Waals surface area contributed by atoms with Crippen LogP contribution in [-0.4, -0.2) is 35.9 Å². The quantitative estimate of drug-likeness (QED) is 0.535. The molecule has 2 heterocycles. The molecular weight excluding hydrogens is 342 g/mol. The first kappa shape index (κ1) is 16.9. The van der Waals surface area contributed by atoms with Gasteiger partial charge in [-0.2, -0.15) is 0 Å². The molecular formula is C21H19N3O3. The number of hydrogen-bond acceptors (Lipinski definition) is 5. The van der Waals surface area contributed by atoms with Gasteiger partial charge in [-0.05, 0) is 48.5 Å². The maximum Gasteiger partial charge on any atom is 0.164 e. The van der Waals surface area contributed by atoms with Gasteiger partial charge < -0.3 is 14.2 Å². The van der Waals surface area contributed by atoms with E-state index in [-0.39, 0.29) is 0 Å². The number of rotatable bonds is 5. The summed E-state index contributed by atoms with van der Waals surface area (Å²) in [5.41, 5.74) is 3.37. The van der Waals surface area contributed by atoms with E-state index in [0.29, 0.717) is 5.75 Å². The van der Waals surface area contributed by atoms with Crippen molar-refractivity contribution in [3.8, 4) is 34.3 Å². The Balaban J connectivity index is 1.98. The normalized spacial score (nSPS) is 10.8. The minimum absolute atomic E-state index is 0.680. The fraction of sp³-hybridized carbons (Fsp3) is 0.143. The third-order valence-electron chi connectivity index (χ3n) is 4.40. The molecule has 0 unspecified atom stereocenters. The first-order valence-electron chi connectivity index (χ1n) is 8.45. The van der Waals surface area contributed by atoms with E-state index in [1.54, 1.807) is 27.5 Å². The van der Waals surface area contributed by atoms with E-state index in [2.05, 4.69) is 4.98 Å². The average Bonchev–Trinajstić information content (AvgIpc) is 3.12. The monoisotopic (exact) mass is 361 g/mol. The first-order valence-corrected chi connectivity index (χ1v) is 8.45. The van der Waals surface area contributed by atoms with Crippen LogP contribution in [-0.2, 0) is 0 Å². The maximum atomic E-state index is 5.59. The van der Waals surface area contributed by atoms with E-state index in [1.165, 1.54) is 0 Å². The van der Waals surface area contributed by atoms with Crippen molar-refractivity contribution in [1.82, 2.24) is 14.5 Å². The zero-order valence-electron chi connectivity index (χ0n) is 15.3. The maximum absolute atomic E-state index is 5.59. The number of aromatic nitrogens is 3. The summed E-state index contributed by atoms with van der Waals surface area (Å²) < 4.78 is 18.2. The molecule has 0 spiro atoms. The van der Waals surface area contributed by atoms with Crippen LogP contribution in [0, 0.1) is 0 Å². The Kier molecular flexibility index (Phi) is 4.38. The van der Waals surface area contributed by atoms with Crippen molar-refractivity contribution in [3.05, 3.63) is 60.8 Å². The van der Waals surface area contributed by atoms with Crippen molar-refractivity contribution >= 4 is 11.2 Å². The minimum Gasteiger partial charge on any atom is -0.497 e. The van der Waals surface area contributed by atoms with E-state index < -0.39 is 0 Å². The molecule has 6 nitrogen and oxygen atoms in total. The summed E-state index contributed by atoms with van der Waals surface area (Å²) in [6.07, 6.45) is 1.76. The number of pyridine rings is 1. The fourth-order valence-electron chi connectivity index (χ4n) is 3.05. The van der Waals surface area contributed by atoms with Crippen LogP contribution < -0.4 is 14.2 Å². The highest BCUT2D eigenvalue weighted by Crippen LogP contribution is 2.36. The molecule has 27 heavy (non-hydrogen) atoms. The molecule has 6 heteroatoms. The molecule has 0 N–H and O–H groups in total. The lowest BCUT2D eigenvalue weighted by Gasteiger charge is -2.13. The van der Waals surface area contributed by atoms with Crippen molar-refractivity contribution in [2.45, 2.75) is 0 Å². The standard InChI is InChI=1S/C21H19N3O3/c1-25-15-8-6-14(7-9-15)24-20(23-18-5-4-12-22-21(18)24)17-11-10-16(26-2)13-19(17)27-3/h4-13H,1-3H3. The van der Waals surface area contributed by atoms with Crippen LogP contribution in [0.2, 0.25) is 0 Å². The molecule has 2 aromatic carbocycles. The summed E-state index contributed by atoms with van der Waals surface area (Å²) in [5.74, 6) is 2.94. The van der Waals surface area contributed by atoms with Crippen LogP contribution in [0.5, 0.6) is 17.2 Å². The SMILES string of the molecule is COc1ccc(-n2c(-c3ccc(OC)cc3OC)nc3cccnc32)cc1.